The lowest BCUT2D eigenvalue weighted by atomic mass is 10.1. The van der Waals surface area contributed by atoms with E-state index in [0.717, 1.165) is 24.2 Å². The fraction of sp³-hybridized carbons (Fsp3) is 0.235. The van der Waals surface area contributed by atoms with Crippen molar-refractivity contribution in [2.24, 2.45) is 5.73 Å². The van der Waals surface area contributed by atoms with Gasteiger partial charge < -0.3 is 21.5 Å². The molecule has 0 unspecified atom stereocenters. The standard InChI is InChI=1S/C17H17N5O2S/c1-24-10-6-2-8(3-7-10)13-11-12(18)14(15(19)23)25-16(11)22-17(21-13)20-9-4-5-9/h2-3,6-7,9H,4-5,18H2,1H3,(H2,19,23)(H,20,21,22). The van der Waals surface area contributed by atoms with Crippen molar-refractivity contribution in [2.45, 2.75) is 18.9 Å². The third-order valence-electron chi connectivity index (χ3n) is 4.09. The summed E-state index contributed by atoms with van der Waals surface area (Å²) >= 11 is 1.19. The van der Waals surface area contributed by atoms with Crippen LogP contribution in [0.25, 0.3) is 21.5 Å². The molecule has 1 saturated carbocycles. The molecular weight excluding hydrogens is 338 g/mol. The summed E-state index contributed by atoms with van der Waals surface area (Å²) in [7, 11) is 1.62. The van der Waals surface area contributed by atoms with Gasteiger partial charge in [-0.3, -0.25) is 4.79 Å². The van der Waals surface area contributed by atoms with Gasteiger partial charge >= 0.3 is 0 Å². The molecule has 0 radical (unpaired) electrons. The maximum atomic E-state index is 11.7. The van der Waals surface area contributed by atoms with Crippen LogP contribution in [0.2, 0.25) is 0 Å². The van der Waals surface area contributed by atoms with E-state index < -0.39 is 5.91 Å². The Labute approximate surface area is 148 Å². The van der Waals surface area contributed by atoms with Gasteiger partial charge in [-0.1, -0.05) is 0 Å². The third kappa shape index (κ3) is 2.85. The molecule has 8 heteroatoms. The number of methoxy groups -OCH3 is 1. The van der Waals surface area contributed by atoms with Gasteiger partial charge in [-0.05, 0) is 37.1 Å². The zero-order valence-corrected chi connectivity index (χ0v) is 14.4. The Hall–Kier alpha value is -2.87. The van der Waals surface area contributed by atoms with Gasteiger partial charge in [-0.25, -0.2) is 9.97 Å². The van der Waals surface area contributed by atoms with Crippen molar-refractivity contribution in [2.75, 3.05) is 18.2 Å². The number of nitrogens with zero attached hydrogens (tertiary/aromatic N) is 2. The molecule has 1 aromatic carbocycles. The molecule has 3 aromatic rings. The normalized spacial score (nSPS) is 13.8. The van der Waals surface area contributed by atoms with Gasteiger partial charge in [0.1, 0.15) is 15.5 Å². The quantitative estimate of drug-likeness (QED) is 0.648. The first-order valence-electron chi connectivity index (χ1n) is 7.87. The minimum atomic E-state index is -0.558. The number of fused-ring (bicyclic) bond motifs is 1. The number of rotatable bonds is 5. The van der Waals surface area contributed by atoms with Crippen molar-refractivity contribution in [1.29, 1.82) is 0 Å². The van der Waals surface area contributed by atoms with E-state index in [2.05, 4.69) is 15.3 Å². The van der Waals surface area contributed by atoms with Crippen LogP contribution in [-0.4, -0.2) is 29.0 Å². The maximum absolute atomic E-state index is 11.7. The average molecular weight is 355 g/mol. The summed E-state index contributed by atoms with van der Waals surface area (Å²) < 4.78 is 5.21. The van der Waals surface area contributed by atoms with Gasteiger partial charge in [0.2, 0.25) is 5.95 Å². The number of hydrogen-bond donors (Lipinski definition) is 3. The summed E-state index contributed by atoms with van der Waals surface area (Å²) in [6, 6.07) is 7.93. The molecule has 0 bridgehead atoms. The number of nitrogens with one attached hydrogen (secondary N) is 1. The molecule has 0 spiro atoms. The first-order chi connectivity index (χ1) is 12.1. The summed E-state index contributed by atoms with van der Waals surface area (Å²) in [5.74, 6) is 0.734. The van der Waals surface area contributed by atoms with Crippen LogP contribution in [0.3, 0.4) is 0 Å². The summed E-state index contributed by atoms with van der Waals surface area (Å²) in [5.41, 5.74) is 13.5. The van der Waals surface area contributed by atoms with E-state index in [1.165, 1.54) is 11.3 Å². The molecule has 2 heterocycles. The molecule has 2 aromatic heterocycles. The zero-order chi connectivity index (χ0) is 17.6. The number of primary amides is 1. The van der Waals surface area contributed by atoms with E-state index >= 15 is 0 Å². The van der Waals surface area contributed by atoms with Crippen LogP contribution >= 0.6 is 11.3 Å². The summed E-state index contributed by atoms with van der Waals surface area (Å²) in [4.78, 5) is 21.8. The van der Waals surface area contributed by atoms with Gasteiger partial charge in [-0.2, -0.15) is 0 Å². The monoisotopic (exact) mass is 355 g/mol. The van der Waals surface area contributed by atoms with E-state index in [1.54, 1.807) is 7.11 Å². The molecule has 4 rings (SSSR count). The van der Waals surface area contributed by atoms with E-state index in [0.29, 0.717) is 38.5 Å². The van der Waals surface area contributed by atoms with Crippen LogP contribution in [0.5, 0.6) is 5.75 Å². The van der Waals surface area contributed by atoms with Crippen molar-refractivity contribution in [3.63, 3.8) is 0 Å². The lowest BCUT2D eigenvalue weighted by molar-refractivity contribution is 0.100. The second kappa shape index (κ2) is 5.89. The van der Waals surface area contributed by atoms with Crippen molar-refractivity contribution >= 4 is 39.1 Å². The Bertz CT molecular complexity index is 963. The highest BCUT2D eigenvalue weighted by molar-refractivity contribution is 7.21. The van der Waals surface area contributed by atoms with E-state index in [4.69, 9.17) is 16.2 Å². The Morgan fingerprint density at radius 1 is 1.28 bits per heavy atom. The largest absolute Gasteiger partial charge is 0.497 e. The Morgan fingerprint density at radius 2 is 2.00 bits per heavy atom. The van der Waals surface area contributed by atoms with Gasteiger partial charge in [0.25, 0.3) is 5.91 Å². The van der Waals surface area contributed by atoms with Crippen molar-refractivity contribution in [3.05, 3.63) is 29.1 Å². The summed E-state index contributed by atoms with van der Waals surface area (Å²) in [6.07, 6.45) is 2.22. The number of nitrogen functional groups attached to an aromatic ring is 1. The smallest absolute Gasteiger partial charge is 0.260 e. The number of benzene rings is 1. The number of nitrogens with two attached hydrogens (primary N) is 2. The number of anilines is 2. The molecular formula is C17H17N5O2S. The number of amides is 1. The van der Waals surface area contributed by atoms with Crippen LogP contribution < -0.4 is 21.5 Å². The molecule has 7 nitrogen and oxygen atoms in total. The minimum Gasteiger partial charge on any atom is -0.497 e. The molecule has 1 fully saturated rings. The lowest BCUT2D eigenvalue weighted by Gasteiger charge is -2.09. The molecule has 0 atom stereocenters. The Morgan fingerprint density at radius 3 is 2.60 bits per heavy atom. The first-order valence-corrected chi connectivity index (χ1v) is 8.69. The van der Waals surface area contributed by atoms with E-state index in [-0.39, 0.29) is 0 Å². The number of carbonyl (C=O) groups excluding carboxylic acids is 1. The zero-order valence-electron chi connectivity index (χ0n) is 13.6. The highest BCUT2D eigenvalue weighted by atomic mass is 32.1. The Balaban J connectivity index is 1.92. The lowest BCUT2D eigenvalue weighted by Crippen LogP contribution is -2.10. The second-order valence-corrected chi connectivity index (χ2v) is 6.93. The van der Waals surface area contributed by atoms with Gasteiger partial charge in [0, 0.05) is 11.6 Å². The predicted molar refractivity (Wildman–Crippen MR) is 99.0 cm³/mol. The number of carbonyl (C=O) groups is 1. The van der Waals surface area contributed by atoms with E-state index in [9.17, 15) is 4.79 Å². The van der Waals surface area contributed by atoms with Gasteiger partial charge in [0.05, 0.1) is 23.9 Å². The van der Waals surface area contributed by atoms with Gasteiger partial charge in [-0.15, -0.1) is 11.3 Å². The molecule has 5 N–H and O–H groups in total. The van der Waals surface area contributed by atoms with Crippen LogP contribution in [-0.2, 0) is 0 Å². The van der Waals surface area contributed by atoms with Crippen LogP contribution in [0.4, 0.5) is 11.6 Å². The molecule has 0 aliphatic heterocycles. The summed E-state index contributed by atoms with van der Waals surface area (Å²) in [6.45, 7) is 0. The molecule has 1 aliphatic carbocycles. The Kier molecular flexibility index (Phi) is 3.69. The predicted octanol–water partition coefficient (Wildman–Crippen LogP) is 2.62. The fourth-order valence-corrected chi connectivity index (χ4v) is 3.58. The minimum absolute atomic E-state index is 0.308. The van der Waals surface area contributed by atoms with Crippen LogP contribution in [0.15, 0.2) is 24.3 Å². The molecule has 0 saturated heterocycles. The van der Waals surface area contributed by atoms with Crippen molar-refractivity contribution in [3.8, 4) is 17.0 Å². The van der Waals surface area contributed by atoms with E-state index in [1.807, 2.05) is 24.3 Å². The van der Waals surface area contributed by atoms with Crippen LogP contribution in [0, 0.1) is 0 Å². The number of ether oxygens (including phenoxy) is 1. The number of aromatic nitrogens is 2. The maximum Gasteiger partial charge on any atom is 0.260 e. The number of thiophene rings is 1. The molecule has 128 valence electrons. The fourth-order valence-electron chi connectivity index (χ4n) is 2.64. The molecule has 1 amide bonds. The third-order valence-corrected chi connectivity index (χ3v) is 5.20. The van der Waals surface area contributed by atoms with Crippen molar-refractivity contribution in [1.82, 2.24) is 9.97 Å². The SMILES string of the molecule is COc1ccc(-c2nc(NC3CC3)nc3sc(C(N)=O)c(N)c23)cc1. The highest BCUT2D eigenvalue weighted by Gasteiger charge is 2.25. The molecule has 25 heavy (non-hydrogen) atoms. The highest BCUT2D eigenvalue weighted by Crippen LogP contribution is 2.39. The van der Waals surface area contributed by atoms with Crippen molar-refractivity contribution < 1.29 is 9.53 Å². The number of hydrogen-bond acceptors (Lipinski definition) is 7. The average Bonchev–Trinajstić information content (AvgIpc) is 3.36. The van der Waals surface area contributed by atoms with Crippen LogP contribution in [0.1, 0.15) is 22.5 Å². The topological polar surface area (TPSA) is 116 Å². The molecule has 1 aliphatic rings. The van der Waals surface area contributed by atoms with Gasteiger partial charge in [0.15, 0.2) is 0 Å². The second-order valence-electron chi connectivity index (χ2n) is 5.93. The first kappa shape index (κ1) is 15.6. The summed E-state index contributed by atoms with van der Waals surface area (Å²) in [5, 5.41) is 3.96.